The maximum absolute atomic E-state index is 13.2. The van der Waals surface area contributed by atoms with Crippen LogP contribution in [-0.4, -0.2) is 23.2 Å². The van der Waals surface area contributed by atoms with Crippen LogP contribution in [0.15, 0.2) is 34.7 Å². The van der Waals surface area contributed by atoms with E-state index in [0.717, 1.165) is 23.6 Å². The molecule has 1 aliphatic heterocycles. The van der Waals surface area contributed by atoms with Gasteiger partial charge in [0.05, 0.1) is 0 Å². The van der Waals surface area contributed by atoms with Crippen LogP contribution in [0.1, 0.15) is 16.9 Å². The van der Waals surface area contributed by atoms with E-state index in [1.165, 1.54) is 6.07 Å². The van der Waals surface area contributed by atoms with Crippen LogP contribution >= 0.6 is 11.8 Å². The van der Waals surface area contributed by atoms with Gasteiger partial charge in [-0.3, -0.25) is 0 Å². The summed E-state index contributed by atoms with van der Waals surface area (Å²) in [4.78, 5) is 14.0. The van der Waals surface area contributed by atoms with Gasteiger partial charge in [-0.25, -0.2) is 13.6 Å². The average Bonchev–Trinajstić information content (AvgIpc) is 3.11. The van der Waals surface area contributed by atoms with Crippen LogP contribution in [0.25, 0.3) is 0 Å². The summed E-state index contributed by atoms with van der Waals surface area (Å²) in [5.41, 5.74) is 0.218. The van der Waals surface area contributed by atoms with Crippen molar-refractivity contribution in [2.24, 2.45) is 0 Å². The average molecular weight is 324 g/mol. The number of carbonyl (C=O) groups is 1. The molecule has 1 saturated heterocycles. The van der Waals surface area contributed by atoms with Crippen LogP contribution < -0.4 is 5.32 Å². The lowest BCUT2D eigenvalue weighted by atomic mass is 10.3. The van der Waals surface area contributed by atoms with Crippen molar-refractivity contribution in [1.29, 1.82) is 0 Å². The Hall–Kier alpha value is -2.02. The molecular formula is C15H14F2N2O2S. The monoisotopic (exact) mass is 324 g/mol. The third-order valence-corrected chi connectivity index (χ3v) is 4.55. The summed E-state index contributed by atoms with van der Waals surface area (Å²) in [6.45, 7) is 2.40. The minimum atomic E-state index is -0.994. The van der Waals surface area contributed by atoms with Crippen LogP contribution in [0.2, 0.25) is 0 Å². The van der Waals surface area contributed by atoms with E-state index in [2.05, 4.69) is 5.32 Å². The Morgan fingerprint density at radius 3 is 2.82 bits per heavy atom. The number of hydrogen-bond acceptors (Lipinski definition) is 3. The zero-order valence-electron chi connectivity index (χ0n) is 11.8. The Morgan fingerprint density at radius 1 is 1.32 bits per heavy atom. The normalized spacial score (nSPS) is 17.8. The lowest BCUT2D eigenvalue weighted by molar-refractivity contribution is 0.209. The number of nitrogens with one attached hydrogen (secondary N) is 1. The number of aryl methyl sites for hydroxylation is 1. The zero-order chi connectivity index (χ0) is 15.7. The van der Waals surface area contributed by atoms with Crippen LogP contribution in [0.5, 0.6) is 0 Å². The molecule has 2 amide bonds. The van der Waals surface area contributed by atoms with E-state index < -0.39 is 11.6 Å². The molecule has 22 heavy (non-hydrogen) atoms. The topological polar surface area (TPSA) is 45.5 Å². The maximum atomic E-state index is 13.2. The number of thioether (sulfide) groups is 1. The van der Waals surface area contributed by atoms with Crippen LogP contribution in [0.3, 0.4) is 0 Å². The Labute approximate surface area is 130 Å². The molecule has 4 nitrogen and oxygen atoms in total. The molecule has 0 unspecified atom stereocenters. The molecule has 1 aromatic heterocycles. The lowest BCUT2D eigenvalue weighted by Gasteiger charge is -2.22. The summed E-state index contributed by atoms with van der Waals surface area (Å²) in [5.74, 6) is 0.338. The number of benzene rings is 1. The molecule has 2 aromatic rings. The highest BCUT2D eigenvalue weighted by atomic mass is 32.2. The first-order chi connectivity index (χ1) is 10.5. The molecule has 0 radical (unpaired) electrons. The first kappa shape index (κ1) is 14.9. The SMILES string of the molecule is Cc1ccc([C@@H]2SCCN2C(=O)Nc2ccc(F)c(F)c2)o1. The Balaban J connectivity index is 1.74. The second-order valence-electron chi connectivity index (χ2n) is 4.92. The van der Waals surface area contributed by atoms with Gasteiger partial charge in [-0.15, -0.1) is 11.8 Å². The van der Waals surface area contributed by atoms with Crippen molar-refractivity contribution in [2.45, 2.75) is 12.3 Å². The molecule has 0 bridgehead atoms. The summed E-state index contributed by atoms with van der Waals surface area (Å²) < 4.78 is 31.7. The van der Waals surface area contributed by atoms with Crippen molar-refractivity contribution in [1.82, 2.24) is 4.90 Å². The molecule has 2 heterocycles. The second kappa shape index (κ2) is 6.00. The maximum Gasteiger partial charge on any atom is 0.323 e. The summed E-state index contributed by atoms with van der Waals surface area (Å²) in [6.07, 6.45) is 0. The van der Waals surface area contributed by atoms with Crippen molar-refractivity contribution < 1.29 is 18.0 Å². The molecule has 1 fully saturated rings. The van der Waals surface area contributed by atoms with Gasteiger partial charge in [-0.05, 0) is 31.2 Å². The van der Waals surface area contributed by atoms with E-state index in [1.54, 1.807) is 16.7 Å². The van der Waals surface area contributed by atoms with E-state index >= 15 is 0 Å². The first-order valence-electron chi connectivity index (χ1n) is 6.75. The number of carbonyl (C=O) groups excluding carboxylic acids is 1. The summed E-state index contributed by atoms with van der Waals surface area (Å²) in [6, 6.07) is 6.59. The highest BCUT2D eigenvalue weighted by Gasteiger charge is 2.32. The fourth-order valence-electron chi connectivity index (χ4n) is 2.27. The lowest BCUT2D eigenvalue weighted by Crippen LogP contribution is -2.34. The molecule has 0 spiro atoms. The highest BCUT2D eigenvalue weighted by Crippen LogP contribution is 2.38. The largest absolute Gasteiger partial charge is 0.463 e. The molecule has 7 heteroatoms. The number of nitrogens with zero attached hydrogens (tertiary/aromatic N) is 1. The van der Waals surface area contributed by atoms with E-state index in [0.29, 0.717) is 12.3 Å². The van der Waals surface area contributed by atoms with E-state index in [4.69, 9.17) is 4.42 Å². The molecule has 3 rings (SSSR count). The van der Waals surface area contributed by atoms with Crippen molar-refractivity contribution in [3.8, 4) is 0 Å². The van der Waals surface area contributed by atoms with Crippen LogP contribution in [-0.2, 0) is 0 Å². The predicted octanol–water partition coefficient (Wildman–Crippen LogP) is 4.15. The fraction of sp³-hybridized carbons (Fsp3) is 0.267. The smallest absolute Gasteiger partial charge is 0.323 e. The first-order valence-corrected chi connectivity index (χ1v) is 7.80. The number of hydrogen-bond donors (Lipinski definition) is 1. The van der Waals surface area contributed by atoms with E-state index in [9.17, 15) is 13.6 Å². The minimum Gasteiger partial charge on any atom is -0.463 e. The number of amides is 2. The van der Waals surface area contributed by atoms with Crippen molar-refractivity contribution in [2.75, 3.05) is 17.6 Å². The second-order valence-corrected chi connectivity index (χ2v) is 6.11. The molecular weight excluding hydrogens is 310 g/mol. The molecule has 1 aliphatic rings. The van der Waals surface area contributed by atoms with Crippen LogP contribution in [0.4, 0.5) is 19.3 Å². The number of anilines is 1. The van der Waals surface area contributed by atoms with Gasteiger partial charge in [0.15, 0.2) is 11.6 Å². The van der Waals surface area contributed by atoms with Crippen molar-refractivity contribution in [3.63, 3.8) is 0 Å². The van der Waals surface area contributed by atoms with Crippen molar-refractivity contribution >= 4 is 23.5 Å². The standard InChI is InChI=1S/C15H14F2N2O2S/c1-9-2-5-13(21-9)14-19(6-7-22-14)15(20)18-10-3-4-11(16)12(17)8-10/h2-5,8,14H,6-7H2,1H3,(H,18,20)/t14-/m0/s1. The molecule has 0 aliphatic carbocycles. The Bertz CT molecular complexity index is 705. The number of rotatable bonds is 2. The van der Waals surface area contributed by atoms with Gasteiger partial charge in [0.2, 0.25) is 0 Å². The van der Waals surface area contributed by atoms with E-state index in [-0.39, 0.29) is 17.1 Å². The van der Waals surface area contributed by atoms with Gasteiger partial charge >= 0.3 is 6.03 Å². The summed E-state index contributed by atoms with van der Waals surface area (Å²) in [5, 5.41) is 2.37. The summed E-state index contributed by atoms with van der Waals surface area (Å²) in [7, 11) is 0. The quantitative estimate of drug-likeness (QED) is 0.903. The van der Waals surface area contributed by atoms with Gasteiger partial charge < -0.3 is 14.6 Å². The minimum absolute atomic E-state index is 0.209. The number of furan rings is 1. The molecule has 1 N–H and O–H groups in total. The molecule has 116 valence electrons. The van der Waals surface area contributed by atoms with Crippen LogP contribution in [0, 0.1) is 18.6 Å². The predicted molar refractivity (Wildman–Crippen MR) is 80.7 cm³/mol. The van der Waals surface area contributed by atoms with Gasteiger partial charge in [0.25, 0.3) is 0 Å². The molecule has 1 aromatic carbocycles. The molecule has 1 atom stereocenters. The summed E-state index contributed by atoms with van der Waals surface area (Å²) >= 11 is 1.60. The number of halogens is 2. The molecule has 0 saturated carbocycles. The van der Waals surface area contributed by atoms with Gasteiger partial charge in [0.1, 0.15) is 16.9 Å². The van der Waals surface area contributed by atoms with Gasteiger partial charge in [-0.1, -0.05) is 0 Å². The Morgan fingerprint density at radius 2 is 2.14 bits per heavy atom. The van der Waals surface area contributed by atoms with E-state index in [1.807, 2.05) is 19.1 Å². The third kappa shape index (κ3) is 2.94. The highest BCUT2D eigenvalue weighted by molar-refractivity contribution is 7.99. The van der Waals surface area contributed by atoms with Gasteiger partial charge in [0, 0.05) is 24.1 Å². The Kier molecular flexibility index (Phi) is 4.06. The third-order valence-electron chi connectivity index (χ3n) is 3.33. The zero-order valence-corrected chi connectivity index (χ0v) is 12.6. The number of urea groups is 1. The fourth-order valence-corrected chi connectivity index (χ4v) is 3.47. The van der Waals surface area contributed by atoms with Crippen molar-refractivity contribution in [3.05, 3.63) is 53.5 Å². The van der Waals surface area contributed by atoms with Gasteiger partial charge in [-0.2, -0.15) is 0 Å².